The fourth-order valence-electron chi connectivity index (χ4n) is 1.86. The first-order valence-corrected chi connectivity index (χ1v) is 4.84. The molecule has 0 fully saturated rings. The van der Waals surface area contributed by atoms with Crippen molar-refractivity contribution in [3.63, 3.8) is 0 Å². The maximum Gasteiger partial charge on any atom is 0.179 e. The van der Waals surface area contributed by atoms with Crippen LogP contribution >= 0.6 is 0 Å². The number of aliphatic hydroxyl groups is 1. The van der Waals surface area contributed by atoms with Gasteiger partial charge in [0.25, 0.3) is 0 Å². The Hall–Kier alpha value is -2.36. The van der Waals surface area contributed by atoms with Gasteiger partial charge in [0.15, 0.2) is 5.43 Å². The van der Waals surface area contributed by atoms with Gasteiger partial charge in [0.1, 0.15) is 11.9 Å². The molecular weight excluding hydrogens is 204 g/mol. The SMILES string of the molecule is O=c1ccc2c(ccn3/c(=C/O)cnc23)c1. The summed E-state index contributed by atoms with van der Waals surface area (Å²) in [5.74, 6) is 0. The Balaban J connectivity index is 2.61. The molecule has 4 nitrogen and oxygen atoms in total. The predicted octanol–water partition coefficient (Wildman–Crippen LogP) is 0.863. The van der Waals surface area contributed by atoms with Gasteiger partial charge in [0.2, 0.25) is 0 Å². The average Bonchev–Trinajstić information content (AvgIpc) is 2.71. The van der Waals surface area contributed by atoms with Crippen molar-refractivity contribution in [1.29, 1.82) is 0 Å². The first-order valence-electron chi connectivity index (χ1n) is 4.84. The molecule has 4 heteroatoms. The summed E-state index contributed by atoms with van der Waals surface area (Å²) in [5, 5.41) is 11.4. The lowest BCUT2D eigenvalue weighted by molar-refractivity contribution is 0.537. The lowest BCUT2D eigenvalue weighted by Crippen LogP contribution is -2.07. The van der Waals surface area contributed by atoms with Crippen LogP contribution in [0, 0.1) is 0 Å². The Kier molecular flexibility index (Phi) is 1.71. The van der Waals surface area contributed by atoms with E-state index in [1.807, 2.05) is 6.07 Å². The van der Waals surface area contributed by atoms with Gasteiger partial charge in [-0.2, -0.15) is 0 Å². The largest absolute Gasteiger partial charge is 0.513 e. The van der Waals surface area contributed by atoms with E-state index in [-0.39, 0.29) is 5.43 Å². The van der Waals surface area contributed by atoms with E-state index in [1.54, 1.807) is 28.9 Å². The Morgan fingerprint density at radius 2 is 2.19 bits per heavy atom. The lowest BCUT2D eigenvalue weighted by atomic mass is 10.2. The van der Waals surface area contributed by atoms with E-state index in [0.717, 1.165) is 22.7 Å². The smallest absolute Gasteiger partial charge is 0.179 e. The highest BCUT2D eigenvalue weighted by Crippen LogP contribution is 2.14. The van der Waals surface area contributed by atoms with Gasteiger partial charge in [-0.05, 0) is 29.7 Å². The van der Waals surface area contributed by atoms with Crippen LogP contribution in [0.25, 0.3) is 22.7 Å². The molecule has 0 amide bonds. The molecule has 0 saturated heterocycles. The molecule has 0 aliphatic heterocycles. The van der Waals surface area contributed by atoms with Crippen LogP contribution in [0.2, 0.25) is 0 Å². The highest BCUT2D eigenvalue weighted by atomic mass is 16.2. The van der Waals surface area contributed by atoms with Crippen molar-refractivity contribution >= 4 is 22.7 Å². The fourth-order valence-corrected chi connectivity index (χ4v) is 1.86. The molecular formula is C12H8N2O2. The number of aromatic nitrogens is 2. The highest BCUT2D eigenvalue weighted by Gasteiger charge is 2.02. The molecule has 3 aromatic rings. The number of pyridine rings is 1. The van der Waals surface area contributed by atoms with Crippen LogP contribution in [0.1, 0.15) is 0 Å². The van der Waals surface area contributed by atoms with E-state index >= 15 is 0 Å². The molecule has 0 aliphatic carbocycles. The summed E-state index contributed by atoms with van der Waals surface area (Å²) in [7, 11) is 0. The van der Waals surface area contributed by atoms with Crippen molar-refractivity contribution < 1.29 is 5.11 Å². The van der Waals surface area contributed by atoms with Gasteiger partial charge in [-0.15, -0.1) is 0 Å². The van der Waals surface area contributed by atoms with Crippen LogP contribution in [0.3, 0.4) is 0 Å². The first kappa shape index (κ1) is 8.91. The number of aliphatic hydroxyl groups excluding tert-OH is 1. The third kappa shape index (κ3) is 1.10. The van der Waals surface area contributed by atoms with Gasteiger partial charge in [-0.25, -0.2) is 4.98 Å². The Bertz CT molecular complexity index is 790. The summed E-state index contributed by atoms with van der Waals surface area (Å²) in [5.41, 5.74) is 0.718. The van der Waals surface area contributed by atoms with Gasteiger partial charge < -0.3 is 5.11 Å². The van der Waals surface area contributed by atoms with Crippen molar-refractivity contribution in [2.24, 2.45) is 0 Å². The topological polar surface area (TPSA) is 54.6 Å². The van der Waals surface area contributed by atoms with Crippen LogP contribution in [0.15, 0.2) is 41.5 Å². The van der Waals surface area contributed by atoms with Crippen molar-refractivity contribution in [3.8, 4) is 0 Å². The fraction of sp³-hybridized carbons (Fsp3) is 0. The Labute approximate surface area is 90.1 Å². The maximum atomic E-state index is 11.2. The number of fused-ring (bicyclic) bond motifs is 3. The minimum absolute atomic E-state index is 0.0163. The van der Waals surface area contributed by atoms with Gasteiger partial charge in [-0.3, -0.25) is 9.20 Å². The molecule has 0 aliphatic rings. The standard InChI is InChI=1S/C12H8N2O2/c15-7-9-6-13-12-11-2-1-10(16)5-8(11)3-4-14(9)12/h1-7,15H/b9-7+. The van der Waals surface area contributed by atoms with Gasteiger partial charge in [-0.1, -0.05) is 0 Å². The molecule has 3 rings (SSSR count). The molecule has 0 bridgehead atoms. The van der Waals surface area contributed by atoms with E-state index < -0.39 is 0 Å². The number of hydrogen-bond donors (Lipinski definition) is 1. The molecule has 0 unspecified atom stereocenters. The summed E-state index contributed by atoms with van der Waals surface area (Å²) in [6.45, 7) is 0. The van der Waals surface area contributed by atoms with E-state index in [4.69, 9.17) is 5.11 Å². The van der Waals surface area contributed by atoms with Crippen LogP contribution in [-0.4, -0.2) is 14.5 Å². The molecule has 0 radical (unpaired) electrons. The molecule has 78 valence electrons. The zero-order valence-corrected chi connectivity index (χ0v) is 8.29. The van der Waals surface area contributed by atoms with E-state index in [9.17, 15) is 4.79 Å². The Morgan fingerprint density at radius 1 is 1.31 bits per heavy atom. The molecule has 2 aromatic heterocycles. The van der Waals surface area contributed by atoms with Crippen LogP contribution in [0.5, 0.6) is 0 Å². The lowest BCUT2D eigenvalue weighted by Gasteiger charge is -1.99. The van der Waals surface area contributed by atoms with Crippen molar-refractivity contribution in [1.82, 2.24) is 9.38 Å². The van der Waals surface area contributed by atoms with Crippen molar-refractivity contribution in [2.75, 3.05) is 0 Å². The summed E-state index contributed by atoms with van der Waals surface area (Å²) >= 11 is 0. The third-order valence-electron chi connectivity index (χ3n) is 2.62. The van der Waals surface area contributed by atoms with Crippen LogP contribution in [0.4, 0.5) is 0 Å². The minimum atomic E-state index is -0.0163. The summed E-state index contributed by atoms with van der Waals surface area (Å²) < 4.78 is 1.77. The van der Waals surface area contributed by atoms with E-state index in [2.05, 4.69) is 4.98 Å². The second kappa shape index (κ2) is 3.06. The summed E-state index contributed by atoms with van der Waals surface area (Å²) in [4.78, 5) is 15.4. The molecule has 0 saturated carbocycles. The van der Waals surface area contributed by atoms with Crippen LogP contribution < -0.4 is 10.8 Å². The molecule has 0 atom stereocenters. The first-order chi connectivity index (χ1) is 7.79. The number of rotatable bonds is 0. The molecule has 1 N–H and O–H groups in total. The van der Waals surface area contributed by atoms with Gasteiger partial charge >= 0.3 is 0 Å². The predicted molar refractivity (Wildman–Crippen MR) is 61.3 cm³/mol. The maximum absolute atomic E-state index is 11.2. The quantitative estimate of drug-likeness (QED) is 0.601. The molecule has 0 spiro atoms. The number of imidazole rings is 1. The molecule has 2 heterocycles. The van der Waals surface area contributed by atoms with Crippen molar-refractivity contribution in [3.05, 3.63) is 52.2 Å². The van der Waals surface area contributed by atoms with E-state index in [1.165, 1.54) is 6.07 Å². The zero-order valence-electron chi connectivity index (χ0n) is 8.29. The monoisotopic (exact) mass is 212 g/mol. The summed E-state index contributed by atoms with van der Waals surface area (Å²) in [6, 6.07) is 6.67. The molecule has 16 heavy (non-hydrogen) atoms. The van der Waals surface area contributed by atoms with Crippen LogP contribution in [-0.2, 0) is 0 Å². The summed E-state index contributed by atoms with van der Waals surface area (Å²) in [6.07, 6.45) is 4.37. The van der Waals surface area contributed by atoms with Gasteiger partial charge in [0, 0.05) is 11.6 Å². The Morgan fingerprint density at radius 3 is 3.00 bits per heavy atom. The number of hydrogen-bond acceptors (Lipinski definition) is 3. The molecule has 1 aromatic carbocycles. The van der Waals surface area contributed by atoms with Gasteiger partial charge in [0.05, 0.1) is 11.5 Å². The van der Waals surface area contributed by atoms with Crippen molar-refractivity contribution in [2.45, 2.75) is 0 Å². The number of benzene rings is 1. The number of nitrogens with zero attached hydrogens (tertiary/aromatic N) is 2. The van der Waals surface area contributed by atoms with E-state index in [0.29, 0.717) is 5.35 Å². The highest BCUT2D eigenvalue weighted by molar-refractivity contribution is 5.93. The second-order valence-electron chi connectivity index (χ2n) is 3.57. The zero-order chi connectivity index (χ0) is 11.1. The third-order valence-corrected chi connectivity index (χ3v) is 2.62. The minimum Gasteiger partial charge on any atom is -0.513 e. The normalized spacial score (nSPS) is 12.6. The average molecular weight is 212 g/mol. The second-order valence-corrected chi connectivity index (χ2v) is 3.57.